The highest BCUT2D eigenvalue weighted by atomic mass is 32.2. The summed E-state index contributed by atoms with van der Waals surface area (Å²) >= 11 is 1.12. The largest absolute Gasteiger partial charge is 0.345 e. The number of sulfonamides is 1. The van der Waals surface area contributed by atoms with Crippen LogP contribution in [0.3, 0.4) is 0 Å². The van der Waals surface area contributed by atoms with Crippen molar-refractivity contribution in [2.75, 3.05) is 20.1 Å². The van der Waals surface area contributed by atoms with Gasteiger partial charge in [-0.3, -0.25) is 4.79 Å². The van der Waals surface area contributed by atoms with Crippen LogP contribution < -0.4 is 10.5 Å². The van der Waals surface area contributed by atoms with E-state index in [-0.39, 0.29) is 22.7 Å². The highest BCUT2D eigenvalue weighted by Crippen LogP contribution is 2.14. The van der Waals surface area contributed by atoms with E-state index < -0.39 is 10.0 Å². The first-order chi connectivity index (χ1) is 9.74. The Hall–Kier alpha value is -0.960. The number of amides is 1. The number of hydrogen-bond acceptors (Lipinski definition) is 5. The van der Waals surface area contributed by atoms with Gasteiger partial charge in [-0.15, -0.1) is 11.3 Å². The number of carbonyl (C=O) groups excluding carboxylic acids is 1. The molecule has 0 bridgehead atoms. The molecule has 1 atom stereocenters. The molecule has 0 saturated carbocycles. The standard InChI is InChI=1S/C13H23N3O3S2/c1-10(2)11(14)6-7-16(3)12(17)9-15-21(18,19)13-5-4-8-20-13/h4-5,8,10-11,15H,6-7,9,14H2,1-3H3. The van der Waals surface area contributed by atoms with Gasteiger partial charge in [0.25, 0.3) is 10.0 Å². The van der Waals surface area contributed by atoms with E-state index in [0.717, 1.165) is 11.3 Å². The third kappa shape index (κ3) is 5.74. The van der Waals surface area contributed by atoms with Crippen LogP contribution in [0, 0.1) is 5.92 Å². The topological polar surface area (TPSA) is 92.5 Å². The van der Waals surface area contributed by atoms with Gasteiger partial charge in [0, 0.05) is 19.6 Å². The third-order valence-corrected chi connectivity index (χ3v) is 6.05. The summed E-state index contributed by atoms with van der Waals surface area (Å²) in [6, 6.07) is 3.19. The Morgan fingerprint density at radius 2 is 2.14 bits per heavy atom. The Bertz CT molecular complexity index is 541. The van der Waals surface area contributed by atoms with Crippen molar-refractivity contribution in [1.29, 1.82) is 0 Å². The van der Waals surface area contributed by atoms with Crippen LogP contribution in [0.4, 0.5) is 0 Å². The van der Waals surface area contributed by atoms with Crippen LogP contribution in [0.25, 0.3) is 0 Å². The number of hydrogen-bond donors (Lipinski definition) is 2. The molecule has 0 aliphatic heterocycles. The Labute approximate surface area is 130 Å². The van der Waals surface area contributed by atoms with Crippen LogP contribution in [0.1, 0.15) is 20.3 Å². The molecular weight excluding hydrogens is 310 g/mol. The smallest absolute Gasteiger partial charge is 0.250 e. The maximum atomic E-state index is 11.9. The summed E-state index contributed by atoms with van der Waals surface area (Å²) in [5, 5.41) is 1.68. The Morgan fingerprint density at radius 1 is 1.48 bits per heavy atom. The summed E-state index contributed by atoms with van der Waals surface area (Å²) in [5.74, 6) is 0.0805. The first-order valence-corrected chi connectivity index (χ1v) is 9.13. The highest BCUT2D eigenvalue weighted by Gasteiger charge is 2.18. The number of likely N-dealkylation sites (N-methyl/N-ethyl adjacent to an activating group) is 1. The molecule has 6 nitrogen and oxygen atoms in total. The summed E-state index contributed by atoms with van der Waals surface area (Å²) < 4.78 is 26.3. The molecule has 21 heavy (non-hydrogen) atoms. The molecular formula is C13H23N3O3S2. The van der Waals surface area contributed by atoms with Crippen LogP contribution in [0.15, 0.2) is 21.7 Å². The van der Waals surface area contributed by atoms with E-state index >= 15 is 0 Å². The van der Waals surface area contributed by atoms with E-state index in [1.54, 1.807) is 18.5 Å². The number of nitrogens with one attached hydrogen (secondary N) is 1. The van der Waals surface area contributed by atoms with Gasteiger partial charge in [-0.25, -0.2) is 13.1 Å². The van der Waals surface area contributed by atoms with E-state index in [4.69, 9.17) is 5.73 Å². The van der Waals surface area contributed by atoms with Crippen LogP contribution in [-0.2, 0) is 14.8 Å². The SMILES string of the molecule is CC(C)C(N)CCN(C)C(=O)CNS(=O)(=O)c1cccs1. The quantitative estimate of drug-likeness (QED) is 0.738. The summed E-state index contributed by atoms with van der Waals surface area (Å²) in [7, 11) is -1.95. The maximum Gasteiger partial charge on any atom is 0.250 e. The fourth-order valence-corrected chi connectivity index (χ4v) is 3.59. The minimum Gasteiger partial charge on any atom is -0.345 e. The summed E-state index contributed by atoms with van der Waals surface area (Å²) in [6.07, 6.45) is 0.692. The summed E-state index contributed by atoms with van der Waals surface area (Å²) in [4.78, 5) is 13.4. The molecule has 0 radical (unpaired) electrons. The lowest BCUT2D eigenvalue weighted by Gasteiger charge is -2.21. The Kier molecular flexibility index (Phi) is 6.79. The Balaban J connectivity index is 2.43. The van der Waals surface area contributed by atoms with Gasteiger partial charge >= 0.3 is 0 Å². The van der Waals surface area contributed by atoms with E-state index in [1.165, 1.54) is 11.0 Å². The molecule has 0 saturated heterocycles. The van der Waals surface area contributed by atoms with Crippen molar-refractivity contribution in [2.24, 2.45) is 11.7 Å². The first-order valence-electron chi connectivity index (χ1n) is 6.76. The van der Waals surface area contributed by atoms with Gasteiger partial charge in [0.1, 0.15) is 4.21 Å². The van der Waals surface area contributed by atoms with Crippen molar-refractivity contribution in [1.82, 2.24) is 9.62 Å². The van der Waals surface area contributed by atoms with Gasteiger partial charge < -0.3 is 10.6 Å². The predicted octanol–water partition coefficient (Wildman–Crippen LogP) is 0.858. The first kappa shape index (κ1) is 18.1. The molecule has 1 amide bonds. The second-order valence-corrected chi connectivity index (χ2v) is 8.21. The van der Waals surface area contributed by atoms with Gasteiger partial charge in [-0.05, 0) is 23.8 Å². The Morgan fingerprint density at radius 3 is 2.67 bits per heavy atom. The normalized spacial score (nSPS) is 13.4. The van der Waals surface area contributed by atoms with Gasteiger partial charge in [0.15, 0.2) is 0 Å². The fourth-order valence-electron chi connectivity index (χ4n) is 1.58. The molecule has 8 heteroatoms. The van der Waals surface area contributed by atoms with Gasteiger partial charge in [0.05, 0.1) is 6.54 Å². The molecule has 1 aromatic heterocycles. The number of thiophene rings is 1. The van der Waals surface area contributed by atoms with Crippen molar-refractivity contribution < 1.29 is 13.2 Å². The van der Waals surface area contributed by atoms with Crippen molar-refractivity contribution in [2.45, 2.75) is 30.5 Å². The number of nitrogens with zero attached hydrogens (tertiary/aromatic N) is 1. The molecule has 0 aliphatic rings. The second kappa shape index (κ2) is 7.88. The van der Waals surface area contributed by atoms with Crippen LogP contribution in [0.5, 0.6) is 0 Å². The van der Waals surface area contributed by atoms with Gasteiger partial charge in [-0.2, -0.15) is 0 Å². The zero-order chi connectivity index (χ0) is 16.0. The molecule has 0 aliphatic carbocycles. The van der Waals surface area contributed by atoms with Gasteiger partial charge in [0.2, 0.25) is 5.91 Å². The number of nitrogens with two attached hydrogens (primary N) is 1. The molecule has 0 spiro atoms. The lowest BCUT2D eigenvalue weighted by molar-refractivity contribution is -0.128. The van der Waals surface area contributed by atoms with Crippen LogP contribution in [-0.4, -0.2) is 45.4 Å². The van der Waals surface area contributed by atoms with E-state index in [2.05, 4.69) is 4.72 Å². The van der Waals surface area contributed by atoms with Crippen molar-refractivity contribution in [3.8, 4) is 0 Å². The average Bonchev–Trinajstić information content (AvgIpc) is 2.96. The summed E-state index contributed by atoms with van der Waals surface area (Å²) in [6.45, 7) is 4.33. The number of carbonyl (C=O) groups is 1. The molecule has 1 aromatic rings. The minimum absolute atomic E-state index is 0.0306. The third-order valence-electron chi connectivity index (χ3n) is 3.25. The lowest BCUT2D eigenvalue weighted by Crippen LogP contribution is -2.40. The molecule has 1 unspecified atom stereocenters. The van der Waals surface area contributed by atoms with Crippen molar-refractivity contribution in [3.63, 3.8) is 0 Å². The van der Waals surface area contributed by atoms with Crippen molar-refractivity contribution in [3.05, 3.63) is 17.5 Å². The maximum absolute atomic E-state index is 11.9. The van der Waals surface area contributed by atoms with Crippen molar-refractivity contribution >= 4 is 27.3 Å². The van der Waals surface area contributed by atoms with Crippen LogP contribution >= 0.6 is 11.3 Å². The molecule has 120 valence electrons. The number of rotatable bonds is 8. The van der Waals surface area contributed by atoms with Crippen LogP contribution in [0.2, 0.25) is 0 Å². The van der Waals surface area contributed by atoms with E-state index in [9.17, 15) is 13.2 Å². The molecule has 3 N–H and O–H groups in total. The highest BCUT2D eigenvalue weighted by molar-refractivity contribution is 7.91. The van der Waals surface area contributed by atoms with E-state index in [0.29, 0.717) is 18.9 Å². The van der Waals surface area contributed by atoms with Gasteiger partial charge in [-0.1, -0.05) is 19.9 Å². The molecule has 0 fully saturated rings. The average molecular weight is 333 g/mol. The molecule has 1 rings (SSSR count). The zero-order valence-corrected chi connectivity index (χ0v) is 14.2. The van der Waals surface area contributed by atoms with E-state index in [1.807, 2.05) is 13.8 Å². The predicted molar refractivity (Wildman–Crippen MR) is 84.6 cm³/mol. The lowest BCUT2D eigenvalue weighted by atomic mass is 10.0. The fraction of sp³-hybridized carbons (Fsp3) is 0.615. The molecule has 1 heterocycles. The minimum atomic E-state index is -3.59. The zero-order valence-electron chi connectivity index (χ0n) is 12.6. The summed E-state index contributed by atoms with van der Waals surface area (Å²) in [5.41, 5.74) is 5.92. The monoisotopic (exact) mass is 333 g/mol. The second-order valence-electron chi connectivity index (χ2n) is 5.27. The molecule has 0 aromatic carbocycles.